The molecule has 1 aliphatic rings. The molecule has 1 fully saturated rings. The van der Waals surface area contributed by atoms with Crippen molar-refractivity contribution >= 4 is 29.6 Å². The maximum Gasteiger partial charge on any atom is 0.231 e. The Bertz CT molecular complexity index is 513. The molecule has 0 aromatic rings. The van der Waals surface area contributed by atoms with E-state index in [9.17, 15) is 24.0 Å². The zero-order chi connectivity index (χ0) is 14.7. The SMILES string of the molecule is CC(=O)N1CN(C(C)=O)C(=C=O)N(C(C)=O)C1=C=O. The molecule has 0 saturated carbocycles. The summed E-state index contributed by atoms with van der Waals surface area (Å²) in [5, 5.41) is 0. The standard InChI is InChI=1S/C11H11N3O5/c1-7(17)12-6-13(8(2)18)11(5-16)14(9(3)19)10(12)4-15/h6H2,1-3H3. The predicted octanol–water partition coefficient (Wildman–Crippen LogP) is -1.15. The molecule has 0 aromatic heterocycles. The summed E-state index contributed by atoms with van der Waals surface area (Å²) >= 11 is 0. The van der Waals surface area contributed by atoms with Crippen molar-refractivity contribution in [3.63, 3.8) is 0 Å². The normalized spacial score (nSPS) is 15.0. The van der Waals surface area contributed by atoms with E-state index in [4.69, 9.17) is 0 Å². The zero-order valence-electron chi connectivity index (χ0n) is 10.6. The molecule has 0 spiro atoms. The van der Waals surface area contributed by atoms with Gasteiger partial charge in [0, 0.05) is 20.8 Å². The summed E-state index contributed by atoms with van der Waals surface area (Å²) in [6.45, 7) is 3.05. The van der Waals surface area contributed by atoms with Crippen LogP contribution in [0.15, 0.2) is 11.6 Å². The van der Waals surface area contributed by atoms with Gasteiger partial charge in [0.25, 0.3) is 0 Å². The predicted molar refractivity (Wildman–Crippen MR) is 60.8 cm³/mol. The van der Waals surface area contributed by atoms with E-state index >= 15 is 0 Å². The van der Waals surface area contributed by atoms with E-state index in [0.717, 1.165) is 30.6 Å². The molecular formula is C11H11N3O5. The minimum atomic E-state index is -0.714. The third kappa shape index (κ3) is 2.44. The summed E-state index contributed by atoms with van der Waals surface area (Å²) in [6.07, 6.45) is 0. The van der Waals surface area contributed by atoms with Crippen LogP contribution in [0.3, 0.4) is 0 Å². The third-order valence-electron chi connectivity index (χ3n) is 2.48. The number of carbonyl (C=O) groups excluding carboxylic acids is 5. The van der Waals surface area contributed by atoms with Crippen LogP contribution in [-0.2, 0) is 24.0 Å². The summed E-state index contributed by atoms with van der Waals surface area (Å²) < 4.78 is 0. The van der Waals surface area contributed by atoms with Crippen LogP contribution in [0.5, 0.6) is 0 Å². The maximum absolute atomic E-state index is 11.5. The fourth-order valence-electron chi connectivity index (χ4n) is 1.61. The lowest BCUT2D eigenvalue weighted by molar-refractivity contribution is -0.142. The highest BCUT2D eigenvalue weighted by Crippen LogP contribution is 2.24. The van der Waals surface area contributed by atoms with Crippen LogP contribution in [-0.4, -0.2) is 51.0 Å². The second-order valence-corrected chi connectivity index (χ2v) is 3.74. The summed E-state index contributed by atoms with van der Waals surface area (Å²) in [6, 6.07) is 0. The maximum atomic E-state index is 11.5. The second kappa shape index (κ2) is 5.30. The van der Waals surface area contributed by atoms with Gasteiger partial charge in [-0.1, -0.05) is 0 Å². The van der Waals surface area contributed by atoms with Gasteiger partial charge in [0.1, 0.15) is 6.67 Å². The number of amides is 3. The molecule has 1 rings (SSSR count). The monoisotopic (exact) mass is 265 g/mol. The Hall–Kier alpha value is -2.69. The first-order valence-electron chi connectivity index (χ1n) is 5.22. The number of rotatable bonds is 0. The zero-order valence-corrected chi connectivity index (χ0v) is 10.6. The van der Waals surface area contributed by atoms with Gasteiger partial charge in [0.15, 0.2) is 11.9 Å². The van der Waals surface area contributed by atoms with E-state index in [1.807, 2.05) is 0 Å². The number of carbonyl (C=O) groups is 3. The highest BCUT2D eigenvalue weighted by Gasteiger charge is 2.39. The van der Waals surface area contributed by atoms with Gasteiger partial charge in [0.2, 0.25) is 29.4 Å². The van der Waals surface area contributed by atoms with Crippen molar-refractivity contribution in [1.82, 2.24) is 14.7 Å². The lowest BCUT2D eigenvalue weighted by Gasteiger charge is -2.40. The van der Waals surface area contributed by atoms with E-state index < -0.39 is 29.4 Å². The fraction of sp³-hybridized carbons (Fsp3) is 0.364. The molecule has 0 aliphatic carbocycles. The molecule has 0 radical (unpaired) electrons. The Kier molecular flexibility index (Phi) is 4.01. The average Bonchev–Trinajstić information content (AvgIpc) is 2.35. The molecule has 0 aromatic carbocycles. The Morgan fingerprint density at radius 3 is 1.42 bits per heavy atom. The largest absolute Gasteiger partial charge is 0.275 e. The van der Waals surface area contributed by atoms with Crippen molar-refractivity contribution < 1.29 is 24.0 Å². The molecule has 1 heterocycles. The van der Waals surface area contributed by atoms with Gasteiger partial charge in [0.05, 0.1) is 0 Å². The number of hydrogen-bond donors (Lipinski definition) is 0. The van der Waals surface area contributed by atoms with Crippen molar-refractivity contribution in [2.75, 3.05) is 6.67 Å². The van der Waals surface area contributed by atoms with E-state index in [1.54, 1.807) is 0 Å². The number of hydrogen-bond acceptors (Lipinski definition) is 5. The van der Waals surface area contributed by atoms with Crippen LogP contribution in [0.4, 0.5) is 0 Å². The first kappa shape index (κ1) is 14.4. The van der Waals surface area contributed by atoms with Crippen LogP contribution in [0.2, 0.25) is 0 Å². The molecule has 0 atom stereocenters. The molecule has 8 nitrogen and oxygen atoms in total. The van der Waals surface area contributed by atoms with Crippen molar-refractivity contribution in [3.8, 4) is 0 Å². The topological polar surface area (TPSA) is 95.1 Å². The smallest absolute Gasteiger partial charge is 0.231 e. The summed E-state index contributed by atoms with van der Waals surface area (Å²) in [5.74, 6) is 0.139. The van der Waals surface area contributed by atoms with Crippen LogP contribution >= 0.6 is 0 Å². The van der Waals surface area contributed by atoms with Crippen LogP contribution in [0, 0.1) is 0 Å². The van der Waals surface area contributed by atoms with E-state index in [1.165, 1.54) is 11.9 Å². The van der Waals surface area contributed by atoms with Gasteiger partial charge < -0.3 is 0 Å². The molecule has 1 saturated heterocycles. The Balaban J connectivity index is 3.47. The Morgan fingerprint density at radius 1 is 0.842 bits per heavy atom. The van der Waals surface area contributed by atoms with Crippen LogP contribution < -0.4 is 0 Å². The molecule has 1 aliphatic heterocycles. The molecule has 100 valence electrons. The lowest BCUT2D eigenvalue weighted by Crippen LogP contribution is -2.55. The highest BCUT2D eigenvalue weighted by atomic mass is 16.2. The second-order valence-electron chi connectivity index (χ2n) is 3.74. The van der Waals surface area contributed by atoms with Gasteiger partial charge in [-0.25, -0.2) is 14.5 Å². The van der Waals surface area contributed by atoms with Crippen molar-refractivity contribution in [2.24, 2.45) is 0 Å². The van der Waals surface area contributed by atoms with Gasteiger partial charge in [-0.15, -0.1) is 0 Å². The minimum absolute atomic E-state index is 0.344. The van der Waals surface area contributed by atoms with Crippen LogP contribution in [0.1, 0.15) is 20.8 Å². The third-order valence-corrected chi connectivity index (χ3v) is 2.48. The Labute approximate surface area is 108 Å². The van der Waals surface area contributed by atoms with Gasteiger partial charge in [-0.2, -0.15) is 0 Å². The first-order valence-corrected chi connectivity index (χ1v) is 5.22. The highest BCUT2D eigenvalue weighted by molar-refractivity contribution is 5.89. The van der Waals surface area contributed by atoms with E-state index in [2.05, 4.69) is 0 Å². The quantitative estimate of drug-likeness (QED) is 0.515. The van der Waals surface area contributed by atoms with E-state index in [0.29, 0.717) is 4.90 Å². The fourth-order valence-corrected chi connectivity index (χ4v) is 1.61. The Morgan fingerprint density at radius 2 is 1.21 bits per heavy atom. The van der Waals surface area contributed by atoms with Gasteiger partial charge in [-0.3, -0.25) is 24.2 Å². The summed E-state index contributed by atoms with van der Waals surface area (Å²) in [5.41, 5.74) is 0. The molecule has 8 heteroatoms. The summed E-state index contributed by atoms with van der Waals surface area (Å²) in [4.78, 5) is 58.6. The van der Waals surface area contributed by atoms with Gasteiger partial charge in [-0.05, 0) is 0 Å². The number of nitrogens with zero attached hydrogens (tertiary/aromatic N) is 3. The molecule has 0 bridgehead atoms. The average molecular weight is 265 g/mol. The lowest BCUT2D eigenvalue weighted by atomic mass is 10.3. The molecule has 0 unspecified atom stereocenters. The van der Waals surface area contributed by atoms with Gasteiger partial charge >= 0.3 is 0 Å². The van der Waals surface area contributed by atoms with E-state index in [-0.39, 0.29) is 6.67 Å². The van der Waals surface area contributed by atoms with Crippen molar-refractivity contribution in [1.29, 1.82) is 0 Å². The molecule has 3 amide bonds. The van der Waals surface area contributed by atoms with Crippen molar-refractivity contribution in [2.45, 2.75) is 20.8 Å². The summed E-state index contributed by atoms with van der Waals surface area (Å²) in [7, 11) is 0. The van der Waals surface area contributed by atoms with Crippen LogP contribution in [0.25, 0.3) is 0 Å². The first-order chi connectivity index (χ1) is 8.84. The minimum Gasteiger partial charge on any atom is -0.275 e. The van der Waals surface area contributed by atoms with Crippen molar-refractivity contribution in [3.05, 3.63) is 11.6 Å². The molecule has 19 heavy (non-hydrogen) atoms. The molecule has 0 N–H and O–H groups in total. The molecular weight excluding hydrogens is 254 g/mol.